The van der Waals surface area contributed by atoms with Gasteiger partial charge in [0.15, 0.2) is 0 Å². The van der Waals surface area contributed by atoms with E-state index in [1.54, 1.807) is 6.20 Å². The molecule has 0 saturated heterocycles. The molecule has 0 saturated carbocycles. The Hall–Kier alpha value is -2.60. The molecule has 6 nitrogen and oxygen atoms in total. The van der Waals surface area contributed by atoms with Crippen LogP contribution in [0.2, 0.25) is 0 Å². The molecular weight excluding hydrogens is 318 g/mol. The molecule has 0 unspecified atom stereocenters. The number of hydrogen-bond acceptors (Lipinski definition) is 5. The van der Waals surface area contributed by atoms with Crippen molar-refractivity contribution in [3.8, 4) is 17.4 Å². The standard InChI is InChI=1S/C19H25N3O3/c1-2-13-24-16-7-9-17(10-8-16)25-19-15(5-4-12-21-19)14-22-18(23)6-3-11-20/h4-5,7-10,12H,2-3,6,11,13-14,20H2,1H3,(H,22,23). The molecule has 0 fully saturated rings. The third-order valence-corrected chi connectivity index (χ3v) is 3.45. The van der Waals surface area contributed by atoms with E-state index in [1.165, 1.54) is 0 Å². The first-order chi connectivity index (χ1) is 12.2. The summed E-state index contributed by atoms with van der Waals surface area (Å²) in [5.74, 6) is 1.92. The van der Waals surface area contributed by atoms with E-state index in [0.717, 1.165) is 17.7 Å². The molecule has 1 heterocycles. The zero-order chi connectivity index (χ0) is 17.9. The molecule has 0 radical (unpaired) electrons. The van der Waals surface area contributed by atoms with Crippen LogP contribution in [0.1, 0.15) is 31.7 Å². The van der Waals surface area contributed by atoms with E-state index < -0.39 is 0 Å². The molecular formula is C19H25N3O3. The first-order valence-corrected chi connectivity index (χ1v) is 8.54. The maximum absolute atomic E-state index is 11.7. The molecule has 1 aromatic carbocycles. The summed E-state index contributed by atoms with van der Waals surface area (Å²) < 4.78 is 11.4. The maximum Gasteiger partial charge on any atom is 0.224 e. The van der Waals surface area contributed by atoms with Crippen LogP contribution in [0.4, 0.5) is 0 Å². The van der Waals surface area contributed by atoms with Gasteiger partial charge in [-0.05, 0) is 49.7 Å². The normalized spacial score (nSPS) is 10.3. The number of hydrogen-bond donors (Lipinski definition) is 2. The molecule has 134 valence electrons. The highest BCUT2D eigenvalue weighted by molar-refractivity contribution is 5.75. The first kappa shape index (κ1) is 18.7. The molecule has 3 N–H and O–H groups in total. The first-order valence-electron chi connectivity index (χ1n) is 8.54. The smallest absolute Gasteiger partial charge is 0.224 e. The van der Waals surface area contributed by atoms with Crippen molar-refractivity contribution in [1.29, 1.82) is 0 Å². The second-order valence-electron chi connectivity index (χ2n) is 5.56. The number of aromatic nitrogens is 1. The number of amides is 1. The van der Waals surface area contributed by atoms with Gasteiger partial charge in [0.1, 0.15) is 11.5 Å². The topological polar surface area (TPSA) is 86.5 Å². The largest absolute Gasteiger partial charge is 0.494 e. The number of carbonyl (C=O) groups excluding carboxylic acids is 1. The number of ether oxygens (including phenoxy) is 2. The second kappa shape index (κ2) is 10.3. The van der Waals surface area contributed by atoms with Gasteiger partial charge >= 0.3 is 0 Å². The summed E-state index contributed by atoms with van der Waals surface area (Å²) in [6.07, 6.45) is 3.72. The van der Waals surface area contributed by atoms with Crippen LogP contribution in [0.5, 0.6) is 17.4 Å². The van der Waals surface area contributed by atoms with Gasteiger partial charge in [-0.2, -0.15) is 0 Å². The summed E-state index contributed by atoms with van der Waals surface area (Å²) in [7, 11) is 0. The van der Waals surface area contributed by atoms with Crippen LogP contribution in [0, 0.1) is 0 Å². The summed E-state index contributed by atoms with van der Waals surface area (Å²) >= 11 is 0. The van der Waals surface area contributed by atoms with Crippen molar-refractivity contribution in [2.45, 2.75) is 32.7 Å². The van der Waals surface area contributed by atoms with E-state index in [2.05, 4.69) is 17.2 Å². The van der Waals surface area contributed by atoms with Gasteiger partial charge in [0, 0.05) is 24.7 Å². The van der Waals surface area contributed by atoms with Crippen molar-refractivity contribution in [3.05, 3.63) is 48.2 Å². The van der Waals surface area contributed by atoms with Gasteiger partial charge in [0.05, 0.1) is 6.61 Å². The molecule has 0 spiro atoms. The van der Waals surface area contributed by atoms with Gasteiger partial charge in [-0.1, -0.05) is 13.0 Å². The monoisotopic (exact) mass is 343 g/mol. The van der Waals surface area contributed by atoms with Gasteiger partial charge in [-0.3, -0.25) is 4.79 Å². The van der Waals surface area contributed by atoms with Gasteiger partial charge < -0.3 is 20.5 Å². The van der Waals surface area contributed by atoms with Gasteiger partial charge in [0.2, 0.25) is 11.8 Å². The van der Waals surface area contributed by atoms with Crippen LogP contribution in [0.15, 0.2) is 42.6 Å². The Kier molecular flexibility index (Phi) is 7.72. The fraction of sp³-hybridized carbons (Fsp3) is 0.368. The second-order valence-corrected chi connectivity index (χ2v) is 5.56. The van der Waals surface area contributed by atoms with E-state index in [4.69, 9.17) is 15.2 Å². The molecule has 0 aliphatic carbocycles. The lowest BCUT2D eigenvalue weighted by Gasteiger charge is -2.11. The Bertz CT molecular complexity index is 659. The van der Waals surface area contributed by atoms with Crippen molar-refractivity contribution >= 4 is 5.91 Å². The molecule has 2 aromatic rings. The number of nitrogens with zero attached hydrogens (tertiary/aromatic N) is 1. The molecule has 6 heteroatoms. The lowest BCUT2D eigenvalue weighted by atomic mass is 10.2. The summed E-state index contributed by atoms with van der Waals surface area (Å²) in [6.45, 7) is 3.63. The van der Waals surface area contributed by atoms with E-state index in [0.29, 0.717) is 44.2 Å². The molecule has 25 heavy (non-hydrogen) atoms. The fourth-order valence-electron chi connectivity index (χ4n) is 2.13. The Balaban J connectivity index is 1.96. The minimum Gasteiger partial charge on any atom is -0.494 e. The molecule has 2 rings (SSSR count). The number of nitrogens with one attached hydrogen (secondary N) is 1. The molecule has 0 aliphatic rings. The maximum atomic E-state index is 11.7. The van der Waals surface area contributed by atoms with Crippen LogP contribution in [0.3, 0.4) is 0 Å². The van der Waals surface area contributed by atoms with Crippen molar-refractivity contribution in [3.63, 3.8) is 0 Å². The summed E-state index contributed by atoms with van der Waals surface area (Å²) in [6, 6.07) is 11.1. The van der Waals surface area contributed by atoms with Gasteiger partial charge in [-0.25, -0.2) is 4.98 Å². The number of rotatable bonds is 10. The Labute approximate surface area is 148 Å². The number of carbonyl (C=O) groups is 1. The summed E-state index contributed by atoms with van der Waals surface area (Å²) in [5, 5.41) is 2.86. The van der Waals surface area contributed by atoms with E-state index >= 15 is 0 Å². The highest BCUT2D eigenvalue weighted by atomic mass is 16.5. The fourth-order valence-corrected chi connectivity index (χ4v) is 2.13. The lowest BCUT2D eigenvalue weighted by molar-refractivity contribution is -0.121. The van der Waals surface area contributed by atoms with Crippen LogP contribution in [0.25, 0.3) is 0 Å². The van der Waals surface area contributed by atoms with Crippen LogP contribution in [-0.4, -0.2) is 24.0 Å². The SMILES string of the molecule is CCCOc1ccc(Oc2ncccc2CNC(=O)CCCN)cc1. The molecule has 0 bridgehead atoms. The number of pyridine rings is 1. The van der Waals surface area contributed by atoms with E-state index in [9.17, 15) is 4.79 Å². The molecule has 0 atom stereocenters. The van der Waals surface area contributed by atoms with Crippen molar-refractivity contribution in [1.82, 2.24) is 10.3 Å². The Morgan fingerprint density at radius 2 is 1.96 bits per heavy atom. The van der Waals surface area contributed by atoms with Crippen LogP contribution >= 0.6 is 0 Å². The minimum atomic E-state index is -0.0299. The minimum absolute atomic E-state index is 0.0299. The average Bonchev–Trinajstić information content (AvgIpc) is 2.65. The predicted octanol–water partition coefficient (Wildman–Crippen LogP) is 3.02. The zero-order valence-corrected chi connectivity index (χ0v) is 14.5. The molecule has 1 amide bonds. The van der Waals surface area contributed by atoms with Crippen LogP contribution < -0.4 is 20.5 Å². The molecule has 1 aromatic heterocycles. The third-order valence-electron chi connectivity index (χ3n) is 3.45. The third kappa shape index (κ3) is 6.43. The quantitative estimate of drug-likeness (QED) is 0.692. The summed E-state index contributed by atoms with van der Waals surface area (Å²) in [5.41, 5.74) is 6.23. The van der Waals surface area contributed by atoms with Crippen molar-refractivity contribution in [2.24, 2.45) is 5.73 Å². The Morgan fingerprint density at radius 1 is 1.20 bits per heavy atom. The lowest BCUT2D eigenvalue weighted by Crippen LogP contribution is -2.23. The van der Waals surface area contributed by atoms with E-state index in [-0.39, 0.29) is 5.91 Å². The predicted molar refractivity (Wildman–Crippen MR) is 96.7 cm³/mol. The van der Waals surface area contributed by atoms with Crippen molar-refractivity contribution < 1.29 is 14.3 Å². The van der Waals surface area contributed by atoms with Gasteiger partial charge in [-0.15, -0.1) is 0 Å². The summed E-state index contributed by atoms with van der Waals surface area (Å²) in [4.78, 5) is 16.0. The molecule has 0 aliphatic heterocycles. The Morgan fingerprint density at radius 3 is 2.68 bits per heavy atom. The zero-order valence-electron chi connectivity index (χ0n) is 14.5. The van der Waals surface area contributed by atoms with E-state index in [1.807, 2.05) is 36.4 Å². The average molecular weight is 343 g/mol. The number of benzene rings is 1. The highest BCUT2D eigenvalue weighted by Gasteiger charge is 2.08. The van der Waals surface area contributed by atoms with Crippen molar-refractivity contribution in [2.75, 3.05) is 13.2 Å². The highest BCUT2D eigenvalue weighted by Crippen LogP contribution is 2.25. The van der Waals surface area contributed by atoms with Gasteiger partial charge in [0.25, 0.3) is 0 Å². The van der Waals surface area contributed by atoms with Crippen LogP contribution in [-0.2, 0) is 11.3 Å². The number of nitrogens with two attached hydrogens (primary N) is 1.